The first kappa shape index (κ1) is 17.0. The normalized spacial score (nSPS) is 32.6. The predicted octanol–water partition coefficient (Wildman–Crippen LogP) is 3.31. The topological polar surface area (TPSA) is 30.9 Å². The van der Waals surface area contributed by atoms with Crippen molar-refractivity contribution in [3.8, 4) is 0 Å². The molecule has 0 unspecified atom stereocenters. The largest absolute Gasteiger partial charge is 0.381 e. The molecule has 1 aromatic rings. The van der Waals surface area contributed by atoms with Gasteiger partial charge in [-0.15, -0.1) is 11.3 Å². The monoisotopic (exact) mass is 351 g/mol. The average Bonchev–Trinajstić information content (AvgIpc) is 3.25. The lowest BCUT2D eigenvalue weighted by Crippen LogP contribution is -2.47. The van der Waals surface area contributed by atoms with Crippen molar-refractivity contribution in [3.05, 3.63) is 22.4 Å². The zero-order valence-corrected chi connectivity index (χ0v) is 15.3. The number of piperidine rings is 1. The number of rotatable bonds is 5. The van der Waals surface area contributed by atoms with Crippen LogP contribution in [0.25, 0.3) is 0 Å². The molecule has 0 radical (unpaired) electrons. The molecule has 0 saturated carbocycles. The third kappa shape index (κ3) is 4.20. The number of ether oxygens (including phenoxy) is 3. The van der Waals surface area contributed by atoms with Gasteiger partial charge < -0.3 is 14.2 Å². The minimum atomic E-state index is 0.0376. The number of hydrogen-bond donors (Lipinski definition) is 0. The summed E-state index contributed by atoms with van der Waals surface area (Å²) >= 11 is 1.85. The van der Waals surface area contributed by atoms with Gasteiger partial charge in [-0.05, 0) is 49.6 Å². The van der Waals surface area contributed by atoms with E-state index in [0.29, 0.717) is 5.92 Å². The Morgan fingerprint density at radius 3 is 3.08 bits per heavy atom. The van der Waals surface area contributed by atoms with Crippen LogP contribution >= 0.6 is 11.3 Å². The van der Waals surface area contributed by atoms with Gasteiger partial charge in [0.1, 0.15) is 0 Å². The number of likely N-dealkylation sites (tertiary alicyclic amines) is 1. The van der Waals surface area contributed by atoms with Gasteiger partial charge in [-0.3, -0.25) is 4.90 Å². The van der Waals surface area contributed by atoms with Gasteiger partial charge in [-0.25, -0.2) is 0 Å². The molecule has 3 saturated heterocycles. The summed E-state index contributed by atoms with van der Waals surface area (Å²) in [6, 6.07) is 4.38. The van der Waals surface area contributed by atoms with Crippen LogP contribution < -0.4 is 0 Å². The van der Waals surface area contributed by atoms with Crippen molar-refractivity contribution in [1.82, 2.24) is 4.90 Å². The van der Waals surface area contributed by atoms with E-state index >= 15 is 0 Å². The first-order valence-electron chi connectivity index (χ1n) is 9.39. The molecule has 0 aromatic carbocycles. The molecule has 3 aliphatic rings. The zero-order valence-electron chi connectivity index (χ0n) is 14.5. The molecule has 4 heterocycles. The fourth-order valence-corrected chi connectivity index (χ4v) is 5.07. The Labute approximate surface area is 149 Å². The second-order valence-electron chi connectivity index (χ2n) is 7.60. The van der Waals surface area contributed by atoms with Crippen LogP contribution in [-0.2, 0) is 20.8 Å². The lowest BCUT2D eigenvalue weighted by molar-refractivity contribution is -0.0552. The molecule has 0 aliphatic carbocycles. The summed E-state index contributed by atoms with van der Waals surface area (Å²) < 4.78 is 17.9. The molecule has 2 atom stereocenters. The van der Waals surface area contributed by atoms with Crippen LogP contribution in [0, 0.1) is 5.92 Å². The molecule has 1 spiro atoms. The lowest BCUT2D eigenvalue weighted by Gasteiger charge is -2.39. The van der Waals surface area contributed by atoms with E-state index in [0.717, 1.165) is 58.8 Å². The standard InChI is InChI=1S/C19H29NO3S/c1-3-18(24-10-1)12-20-7-2-6-19(15-20)11-17(14-23-19)22-13-16-4-8-21-9-5-16/h1,3,10,16-17H,2,4-9,11-15H2/t17-,19-/m0/s1. The van der Waals surface area contributed by atoms with Crippen LogP contribution in [0.2, 0.25) is 0 Å². The smallest absolute Gasteiger partial charge is 0.0836 e. The summed E-state index contributed by atoms with van der Waals surface area (Å²) in [6.07, 6.45) is 6.07. The number of hydrogen-bond acceptors (Lipinski definition) is 5. The van der Waals surface area contributed by atoms with Gasteiger partial charge in [0.15, 0.2) is 0 Å². The van der Waals surface area contributed by atoms with Crippen molar-refractivity contribution in [1.29, 1.82) is 0 Å². The highest BCUT2D eigenvalue weighted by Gasteiger charge is 2.44. The molecule has 0 N–H and O–H groups in total. The van der Waals surface area contributed by atoms with Crippen molar-refractivity contribution in [2.45, 2.75) is 50.4 Å². The van der Waals surface area contributed by atoms with Crippen molar-refractivity contribution >= 4 is 11.3 Å². The van der Waals surface area contributed by atoms with E-state index in [1.807, 2.05) is 11.3 Å². The second kappa shape index (κ2) is 7.83. The second-order valence-corrected chi connectivity index (χ2v) is 8.64. The minimum absolute atomic E-state index is 0.0376. The third-order valence-corrected chi connectivity index (χ3v) is 6.52. The van der Waals surface area contributed by atoms with E-state index < -0.39 is 0 Å². The van der Waals surface area contributed by atoms with Gasteiger partial charge in [0.2, 0.25) is 0 Å². The van der Waals surface area contributed by atoms with E-state index in [4.69, 9.17) is 14.2 Å². The molecular weight excluding hydrogens is 322 g/mol. The van der Waals surface area contributed by atoms with E-state index in [1.165, 1.54) is 24.3 Å². The lowest BCUT2D eigenvalue weighted by atomic mass is 9.89. The van der Waals surface area contributed by atoms with Crippen LogP contribution in [0.15, 0.2) is 17.5 Å². The van der Waals surface area contributed by atoms with Crippen molar-refractivity contribution in [2.24, 2.45) is 5.92 Å². The first-order chi connectivity index (χ1) is 11.8. The summed E-state index contributed by atoms with van der Waals surface area (Å²) in [7, 11) is 0. The van der Waals surface area contributed by atoms with Gasteiger partial charge in [0.25, 0.3) is 0 Å². The summed E-state index contributed by atoms with van der Waals surface area (Å²) in [5.41, 5.74) is 0.0376. The zero-order chi connectivity index (χ0) is 16.2. The van der Waals surface area contributed by atoms with E-state index in [-0.39, 0.29) is 11.7 Å². The van der Waals surface area contributed by atoms with Gasteiger partial charge in [0, 0.05) is 37.6 Å². The fourth-order valence-electron chi connectivity index (χ4n) is 4.33. The maximum atomic E-state index is 6.30. The molecule has 24 heavy (non-hydrogen) atoms. The van der Waals surface area contributed by atoms with Crippen LogP contribution in [0.5, 0.6) is 0 Å². The molecule has 0 bridgehead atoms. The van der Waals surface area contributed by atoms with Gasteiger partial charge in [0.05, 0.1) is 24.9 Å². The summed E-state index contributed by atoms with van der Waals surface area (Å²) in [6.45, 7) is 6.77. The Kier molecular flexibility index (Phi) is 5.54. The molecule has 3 aliphatic heterocycles. The summed E-state index contributed by atoms with van der Waals surface area (Å²) in [4.78, 5) is 4.02. The van der Waals surface area contributed by atoms with Gasteiger partial charge >= 0.3 is 0 Å². The minimum Gasteiger partial charge on any atom is -0.381 e. The van der Waals surface area contributed by atoms with Crippen LogP contribution in [0.1, 0.15) is 37.0 Å². The van der Waals surface area contributed by atoms with E-state index in [2.05, 4.69) is 22.4 Å². The quantitative estimate of drug-likeness (QED) is 0.814. The average molecular weight is 352 g/mol. The predicted molar refractivity (Wildman–Crippen MR) is 95.4 cm³/mol. The Morgan fingerprint density at radius 2 is 2.25 bits per heavy atom. The van der Waals surface area contributed by atoms with Crippen molar-refractivity contribution < 1.29 is 14.2 Å². The number of thiophene rings is 1. The Balaban J connectivity index is 1.26. The molecule has 4 nitrogen and oxygen atoms in total. The first-order valence-corrected chi connectivity index (χ1v) is 10.3. The molecule has 0 amide bonds. The van der Waals surface area contributed by atoms with Crippen LogP contribution in [0.4, 0.5) is 0 Å². The highest BCUT2D eigenvalue weighted by Crippen LogP contribution is 2.36. The van der Waals surface area contributed by atoms with E-state index in [9.17, 15) is 0 Å². The maximum Gasteiger partial charge on any atom is 0.0836 e. The van der Waals surface area contributed by atoms with Crippen molar-refractivity contribution in [2.75, 3.05) is 39.5 Å². The van der Waals surface area contributed by atoms with Gasteiger partial charge in [-0.1, -0.05) is 6.07 Å². The van der Waals surface area contributed by atoms with E-state index in [1.54, 1.807) is 0 Å². The molecule has 1 aromatic heterocycles. The van der Waals surface area contributed by atoms with Crippen LogP contribution in [-0.4, -0.2) is 56.1 Å². The fraction of sp³-hybridized carbons (Fsp3) is 0.789. The third-order valence-electron chi connectivity index (χ3n) is 5.66. The molecule has 4 rings (SSSR count). The SMILES string of the molecule is c1csc(CN2CCC[C@]3(C[C@H](OCC4CCOCC4)CO3)C2)c1. The summed E-state index contributed by atoms with van der Waals surface area (Å²) in [5.74, 6) is 0.678. The Bertz CT molecular complexity index is 503. The summed E-state index contributed by atoms with van der Waals surface area (Å²) in [5, 5.41) is 2.17. The van der Waals surface area contributed by atoms with Crippen molar-refractivity contribution in [3.63, 3.8) is 0 Å². The van der Waals surface area contributed by atoms with Gasteiger partial charge in [-0.2, -0.15) is 0 Å². The number of nitrogens with zero attached hydrogens (tertiary/aromatic N) is 1. The molecule has 3 fully saturated rings. The highest BCUT2D eigenvalue weighted by atomic mass is 32.1. The Morgan fingerprint density at radius 1 is 1.33 bits per heavy atom. The molecule has 5 heteroatoms. The molecular formula is C19H29NO3S. The van der Waals surface area contributed by atoms with Crippen LogP contribution in [0.3, 0.4) is 0 Å². The Hall–Kier alpha value is -0.460. The highest BCUT2D eigenvalue weighted by molar-refractivity contribution is 7.09. The molecule has 134 valence electrons. The maximum absolute atomic E-state index is 6.30.